The zero-order valence-electron chi connectivity index (χ0n) is 16.9. The van der Waals surface area contributed by atoms with Gasteiger partial charge in [-0.15, -0.1) is 0 Å². The molecule has 0 radical (unpaired) electrons. The van der Waals surface area contributed by atoms with E-state index in [9.17, 15) is 9.18 Å². The van der Waals surface area contributed by atoms with Crippen molar-refractivity contribution in [1.29, 1.82) is 0 Å². The van der Waals surface area contributed by atoms with Crippen molar-refractivity contribution >= 4 is 39.9 Å². The summed E-state index contributed by atoms with van der Waals surface area (Å²) in [5.74, 6) is -0.714. The number of nitrogens with zero attached hydrogens (tertiary/aromatic N) is 4. The Kier molecular flexibility index (Phi) is 7.29. The monoisotopic (exact) mass is 414 g/mol. The first-order chi connectivity index (χ1) is 13.7. The van der Waals surface area contributed by atoms with E-state index < -0.39 is 11.4 Å². The van der Waals surface area contributed by atoms with Gasteiger partial charge in [0.15, 0.2) is 0 Å². The lowest BCUT2D eigenvalue weighted by Crippen LogP contribution is -2.24. The molecular weight excluding hydrogens is 391 g/mol. The summed E-state index contributed by atoms with van der Waals surface area (Å²) in [4.78, 5) is 22.2. The Labute approximate surface area is 174 Å². The number of allylic oxidation sites excluding steroid dienone is 4. The molecule has 0 aliphatic heterocycles. The van der Waals surface area contributed by atoms with Crippen LogP contribution in [0.2, 0.25) is 5.02 Å². The van der Waals surface area contributed by atoms with Crippen molar-refractivity contribution in [3.05, 3.63) is 77.2 Å². The molecule has 152 valence electrons. The minimum Gasteiger partial charge on any atom is -0.316 e. The highest BCUT2D eigenvalue weighted by Crippen LogP contribution is 2.23. The average molecular weight is 415 g/mol. The van der Waals surface area contributed by atoms with Crippen molar-refractivity contribution in [1.82, 2.24) is 8.97 Å². The van der Waals surface area contributed by atoms with Gasteiger partial charge in [0, 0.05) is 18.9 Å². The summed E-state index contributed by atoms with van der Waals surface area (Å²) in [5, 5.41) is 0.284. The molecule has 0 fully saturated rings. The van der Waals surface area contributed by atoms with Gasteiger partial charge in [-0.25, -0.2) is 9.38 Å². The van der Waals surface area contributed by atoms with E-state index in [0.717, 1.165) is 17.5 Å². The lowest BCUT2D eigenvalue weighted by molar-refractivity contribution is 0.671. The predicted octanol–water partition coefficient (Wildman–Crippen LogP) is 5.57. The van der Waals surface area contributed by atoms with Crippen LogP contribution in [0, 0.1) is 0 Å². The molecule has 0 N–H and O–H groups in total. The molecule has 5 nitrogen and oxygen atoms in total. The van der Waals surface area contributed by atoms with Crippen molar-refractivity contribution in [2.24, 2.45) is 9.98 Å². The Bertz CT molecular complexity index is 1130. The van der Waals surface area contributed by atoms with Gasteiger partial charge in [-0.1, -0.05) is 38.3 Å². The van der Waals surface area contributed by atoms with Gasteiger partial charge in [-0.05, 0) is 38.5 Å². The second-order valence-corrected chi connectivity index (χ2v) is 6.62. The summed E-state index contributed by atoms with van der Waals surface area (Å²) < 4.78 is 16.4. The molecular formula is C22H24ClFN4O. The van der Waals surface area contributed by atoms with Crippen LogP contribution in [0.5, 0.6) is 0 Å². The van der Waals surface area contributed by atoms with Gasteiger partial charge in [0.1, 0.15) is 11.3 Å². The van der Waals surface area contributed by atoms with E-state index in [-0.39, 0.29) is 16.2 Å². The van der Waals surface area contributed by atoms with E-state index in [1.807, 2.05) is 20.8 Å². The number of halogens is 2. The zero-order chi connectivity index (χ0) is 21.7. The fourth-order valence-electron chi connectivity index (χ4n) is 2.95. The first-order valence-electron chi connectivity index (χ1n) is 9.14. The molecule has 2 heterocycles. The maximum Gasteiger partial charge on any atom is 0.281 e. The minimum absolute atomic E-state index is 0.200. The van der Waals surface area contributed by atoms with Crippen LogP contribution < -0.4 is 5.56 Å². The Balaban J connectivity index is 2.84. The van der Waals surface area contributed by atoms with Crippen LogP contribution in [0.4, 0.5) is 4.39 Å². The first kappa shape index (κ1) is 22.3. The van der Waals surface area contributed by atoms with Crippen molar-refractivity contribution < 1.29 is 4.39 Å². The summed E-state index contributed by atoms with van der Waals surface area (Å²) in [6, 6.07) is 1.61. The predicted molar refractivity (Wildman–Crippen MR) is 122 cm³/mol. The molecule has 0 aliphatic carbocycles. The smallest absolute Gasteiger partial charge is 0.281 e. The lowest BCUT2D eigenvalue weighted by atomic mass is 10.2. The van der Waals surface area contributed by atoms with E-state index in [4.69, 9.17) is 11.6 Å². The summed E-state index contributed by atoms with van der Waals surface area (Å²) in [6.45, 7) is 17.4. The van der Waals surface area contributed by atoms with E-state index in [1.165, 1.54) is 10.6 Å². The van der Waals surface area contributed by atoms with Crippen LogP contribution in [-0.4, -0.2) is 26.9 Å². The Morgan fingerprint density at radius 1 is 1.34 bits per heavy atom. The van der Waals surface area contributed by atoms with Gasteiger partial charge in [-0.3, -0.25) is 14.4 Å². The molecule has 0 amide bonds. The van der Waals surface area contributed by atoms with E-state index in [0.29, 0.717) is 24.4 Å². The molecule has 0 aromatic carbocycles. The van der Waals surface area contributed by atoms with Gasteiger partial charge in [-0.2, -0.15) is 0 Å². The van der Waals surface area contributed by atoms with Gasteiger partial charge in [0.05, 0.1) is 33.5 Å². The molecule has 0 aliphatic rings. The number of aromatic nitrogens is 2. The Hall–Kier alpha value is -2.99. The molecule has 0 saturated carbocycles. The highest BCUT2D eigenvalue weighted by molar-refractivity contribution is 6.42. The topological polar surface area (TPSA) is 51.1 Å². The number of fused-ring (bicyclic) bond motifs is 1. The van der Waals surface area contributed by atoms with Crippen LogP contribution >= 0.6 is 11.6 Å². The molecule has 7 heteroatoms. The highest BCUT2D eigenvalue weighted by Gasteiger charge is 2.17. The molecule has 0 atom stereocenters. The fraction of sp³-hybridized carbons (Fsp3) is 0.227. The SMILES string of the molecule is C=CC(=CC(=C)F)n1c(C(=C)N=C(CC)C(C)=NCC)cn2ccc(Cl)c2c1=O. The number of rotatable bonds is 8. The summed E-state index contributed by atoms with van der Waals surface area (Å²) in [7, 11) is 0. The van der Waals surface area contributed by atoms with E-state index in [1.54, 1.807) is 22.9 Å². The number of hydrogen-bond acceptors (Lipinski definition) is 3. The third-order valence-electron chi connectivity index (χ3n) is 4.26. The summed E-state index contributed by atoms with van der Waals surface area (Å²) in [6.07, 6.45) is 6.46. The molecule has 2 rings (SSSR count). The van der Waals surface area contributed by atoms with Crippen molar-refractivity contribution in [2.45, 2.75) is 27.2 Å². The fourth-order valence-corrected chi connectivity index (χ4v) is 3.18. The van der Waals surface area contributed by atoms with E-state index in [2.05, 4.69) is 29.7 Å². The standard InChI is InChI=1S/C22H24ClFN4O/c1-7-17(12-14(4)24)28-20(13-27-11-10-18(23)21(27)22(28)29)16(6)26-19(8-2)15(5)25-9-3/h7,10-13H,1,4,6,8-9H2,2-3,5H3. The summed E-state index contributed by atoms with van der Waals surface area (Å²) in [5.41, 5.74) is 2.26. The molecule has 0 unspecified atom stereocenters. The second-order valence-electron chi connectivity index (χ2n) is 6.21. The van der Waals surface area contributed by atoms with Gasteiger partial charge in [0.25, 0.3) is 5.56 Å². The summed E-state index contributed by atoms with van der Waals surface area (Å²) >= 11 is 6.18. The van der Waals surface area contributed by atoms with Crippen molar-refractivity contribution in [3.8, 4) is 0 Å². The average Bonchev–Trinajstić information content (AvgIpc) is 3.05. The number of hydrogen-bond donors (Lipinski definition) is 0. The zero-order valence-corrected chi connectivity index (χ0v) is 17.6. The van der Waals surface area contributed by atoms with Gasteiger partial charge < -0.3 is 4.40 Å². The van der Waals surface area contributed by atoms with Crippen LogP contribution in [0.15, 0.2) is 71.0 Å². The minimum atomic E-state index is -0.714. The largest absolute Gasteiger partial charge is 0.316 e. The normalized spacial score (nSPS) is 13.1. The van der Waals surface area contributed by atoms with Crippen molar-refractivity contribution in [2.75, 3.05) is 6.54 Å². The highest BCUT2D eigenvalue weighted by atomic mass is 35.5. The quantitative estimate of drug-likeness (QED) is 0.411. The van der Waals surface area contributed by atoms with Crippen LogP contribution in [0.1, 0.15) is 32.9 Å². The molecule has 0 bridgehead atoms. The lowest BCUT2D eigenvalue weighted by Gasteiger charge is -2.16. The molecule has 2 aromatic rings. The maximum absolute atomic E-state index is 13.5. The van der Waals surface area contributed by atoms with E-state index >= 15 is 0 Å². The third kappa shape index (κ3) is 4.71. The van der Waals surface area contributed by atoms with Gasteiger partial charge in [0.2, 0.25) is 0 Å². The van der Waals surface area contributed by atoms with Gasteiger partial charge >= 0.3 is 0 Å². The Morgan fingerprint density at radius 3 is 2.59 bits per heavy atom. The van der Waals surface area contributed by atoms with Crippen LogP contribution in [-0.2, 0) is 0 Å². The third-order valence-corrected chi connectivity index (χ3v) is 4.56. The molecule has 0 saturated heterocycles. The first-order valence-corrected chi connectivity index (χ1v) is 9.52. The Morgan fingerprint density at radius 2 is 2.03 bits per heavy atom. The molecule has 29 heavy (non-hydrogen) atoms. The van der Waals surface area contributed by atoms with Crippen molar-refractivity contribution in [3.63, 3.8) is 0 Å². The number of aliphatic imine (C=N–C) groups is 2. The maximum atomic E-state index is 13.5. The van der Waals surface area contributed by atoms with Crippen LogP contribution in [0.25, 0.3) is 16.9 Å². The molecule has 2 aromatic heterocycles. The molecule has 0 spiro atoms. The second kappa shape index (κ2) is 9.47. The van der Waals surface area contributed by atoms with Crippen LogP contribution in [0.3, 0.4) is 0 Å².